The number of fused-ring (bicyclic) bond motifs is 2. The number of nitrogen functional groups attached to an aromatic ring is 1. The van der Waals surface area contributed by atoms with Gasteiger partial charge in [0.05, 0.1) is 22.1 Å². The first-order chi connectivity index (χ1) is 14.6. The van der Waals surface area contributed by atoms with Gasteiger partial charge in [-0.2, -0.15) is 4.98 Å². The van der Waals surface area contributed by atoms with Crippen molar-refractivity contribution in [1.82, 2.24) is 19.1 Å². The molecular formula is C23H22N6O. The summed E-state index contributed by atoms with van der Waals surface area (Å²) in [6.45, 7) is 0.652. The number of benzene rings is 3. The molecule has 0 atom stereocenters. The van der Waals surface area contributed by atoms with Crippen molar-refractivity contribution in [1.29, 1.82) is 0 Å². The molecule has 0 aliphatic heterocycles. The molecule has 5 aromatic rings. The predicted octanol–water partition coefficient (Wildman–Crippen LogP) is 4.45. The summed E-state index contributed by atoms with van der Waals surface area (Å²) in [6, 6.07) is 22.2. The van der Waals surface area contributed by atoms with E-state index in [9.17, 15) is 0 Å². The molecule has 3 N–H and O–H groups in total. The highest BCUT2D eigenvalue weighted by Gasteiger charge is 2.10. The molecule has 2 heterocycles. The first-order valence-electron chi connectivity index (χ1n) is 9.72. The molecule has 7 heteroatoms. The number of hydrogen-bond donors (Lipinski definition) is 2. The molecule has 0 aliphatic rings. The average Bonchev–Trinajstić information content (AvgIpc) is 3.24. The second-order valence-electron chi connectivity index (χ2n) is 7.28. The van der Waals surface area contributed by atoms with Gasteiger partial charge in [0.25, 0.3) is 0 Å². The number of ether oxygens (including phenoxy) is 1. The van der Waals surface area contributed by atoms with E-state index in [0.29, 0.717) is 12.6 Å². The molecule has 150 valence electrons. The van der Waals surface area contributed by atoms with E-state index in [-0.39, 0.29) is 0 Å². The van der Waals surface area contributed by atoms with Crippen molar-refractivity contribution in [2.45, 2.75) is 6.54 Å². The fourth-order valence-electron chi connectivity index (χ4n) is 3.54. The van der Waals surface area contributed by atoms with E-state index < -0.39 is 0 Å². The lowest BCUT2D eigenvalue weighted by Gasteiger charge is -2.08. The molecule has 0 fully saturated rings. The third kappa shape index (κ3) is 3.20. The molecule has 0 amide bonds. The van der Waals surface area contributed by atoms with Gasteiger partial charge in [-0.05, 0) is 48.0 Å². The summed E-state index contributed by atoms with van der Waals surface area (Å²) in [5.74, 6) is 1.55. The van der Waals surface area contributed by atoms with Gasteiger partial charge in [0.2, 0.25) is 5.95 Å². The van der Waals surface area contributed by atoms with Gasteiger partial charge in [0, 0.05) is 26.3 Å². The summed E-state index contributed by atoms with van der Waals surface area (Å²) in [4.78, 5) is 9.18. The Labute approximate surface area is 173 Å². The minimum atomic E-state index is 0.570. The maximum atomic E-state index is 5.99. The van der Waals surface area contributed by atoms with Crippen LogP contribution in [-0.4, -0.2) is 19.1 Å². The van der Waals surface area contributed by atoms with E-state index in [1.54, 1.807) is 0 Å². The molecule has 7 nitrogen and oxygen atoms in total. The number of nitrogens with zero attached hydrogens (tertiary/aromatic N) is 4. The van der Waals surface area contributed by atoms with Crippen LogP contribution in [0.25, 0.3) is 22.1 Å². The number of nitrogens with two attached hydrogens (primary N) is 1. The average molecular weight is 398 g/mol. The number of para-hydroxylation sites is 2. The monoisotopic (exact) mass is 398 g/mol. The van der Waals surface area contributed by atoms with Crippen LogP contribution >= 0.6 is 0 Å². The van der Waals surface area contributed by atoms with Crippen LogP contribution in [0.5, 0.6) is 11.8 Å². The Hall–Kier alpha value is -4.00. The van der Waals surface area contributed by atoms with Gasteiger partial charge in [0.1, 0.15) is 5.75 Å². The molecule has 5 rings (SSSR count). The molecule has 0 spiro atoms. The Morgan fingerprint density at radius 2 is 1.63 bits per heavy atom. The summed E-state index contributed by atoms with van der Waals surface area (Å²) in [7, 11) is 3.93. The number of imidazole rings is 2. The summed E-state index contributed by atoms with van der Waals surface area (Å²) in [5, 5.41) is 3.39. The van der Waals surface area contributed by atoms with Gasteiger partial charge in [-0.25, -0.2) is 4.98 Å². The molecule has 0 saturated heterocycles. The van der Waals surface area contributed by atoms with Crippen LogP contribution in [-0.2, 0) is 20.6 Å². The maximum Gasteiger partial charge on any atom is 0.302 e. The lowest BCUT2D eigenvalue weighted by molar-refractivity contribution is 0.427. The highest BCUT2D eigenvalue weighted by Crippen LogP contribution is 2.25. The number of rotatable bonds is 5. The fraction of sp³-hybridized carbons (Fsp3) is 0.130. The Kier molecular flexibility index (Phi) is 4.28. The molecule has 30 heavy (non-hydrogen) atoms. The van der Waals surface area contributed by atoms with Crippen molar-refractivity contribution in [2.24, 2.45) is 14.1 Å². The summed E-state index contributed by atoms with van der Waals surface area (Å²) < 4.78 is 9.94. The standard InChI is InChI=1S/C23H22N6O/c1-28-21-13-16(24)9-12-19(21)26-22(28)25-14-15-7-10-17(11-8-15)30-23-27-18-5-3-4-6-20(18)29(23)2/h3-13H,14,24H2,1-2H3,(H,25,26). The van der Waals surface area contributed by atoms with Gasteiger partial charge in [0.15, 0.2) is 0 Å². The van der Waals surface area contributed by atoms with Crippen molar-refractivity contribution in [2.75, 3.05) is 11.1 Å². The van der Waals surface area contributed by atoms with Crippen LogP contribution in [0, 0.1) is 0 Å². The van der Waals surface area contributed by atoms with Crippen molar-refractivity contribution in [3.63, 3.8) is 0 Å². The quantitative estimate of drug-likeness (QED) is 0.428. The molecule has 0 unspecified atom stereocenters. The zero-order chi connectivity index (χ0) is 20.7. The second kappa shape index (κ2) is 7.11. The van der Waals surface area contributed by atoms with E-state index in [4.69, 9.17) is 10.5 Å². The smallest absolute Gasteiger partial charge is 0.302 e. The third-order valence-corrected chi connectivity index (χ3v) is 5.23. The largest absolute Gasteiger partial charge is 0.426 e. The van der Waals surface area contributed by atoms with E-state index in [1.165, 1.54) is 0 Å². The Morgan fingerprint density at radius 1 is 0.867 bits per heavy atom. The van der Waals surface area contributed by atoms with Crippen LogP contribution < -0.4 is 15.8 Å². The van der Waals surface area contributed by atoms with E-state index >= 15 is 0 Å². The van der Waals surface area contributed by atoms with Crippen LogP contribution in [0.2, 0.25) is 0 Å². The third-order valence-electron chi connectivity index (χ3n) is 5.23. The number of aromatic nitrogens is 4. The number of aryl methyl sites for hydroxylation is 2. The van der Waals surface area contributed by atoms with E-state index in [0.717, 1.165) is 45.0 Å². The molecule has 0 bridgehead atoms. The molecule has 2 aromatic heterocycles. The first kappa shape index (κ1) is 18.1. The minimum absolute atomic E-state index is 0.570. The maximum absolute atomic E-state index is 5.99. The SMILES string of the molecule is Cn1c(NCc2ccc(Oc3nc4ccccc4n3C)cc2)nc2ccc(N)cc21. The van der Waals surface area contributed by atoms with Crippen LogP contribution in [0.4, 0.5) is 11.6 Å². The second-order valence-corrected chi connectivity index (χ2v) is 7.28. The molecule has 3 aromatic carbocycles. The zero-order valence-electron chi connectivity index (χ0n) is 16.8. The molecule has 0 saturated carbocycles. The lowest BCUT2D eigenvalue weighted by Crippen LogP contribution is -2.05. The van der Waals surface area contributed by atoms with Crippen molar-refractivity contribution in [3.8, 4) is 11.8 Å². The van der Waals surface area contributed by atoms with Gasteiger partial charge >= 0.3 is 6.01 Å². The molecule has 0 aliphatic carbocycles. The highest BCUT2D eigenvalue weighted by molar-refractivity contribution is 5.81. The highest BCUT2D eigenvalue weighted by atomic mass is 16.5. The topological polar surface area (TPSA) is 82.9 Å². The lowest BCUT2D eigenvalue weighted by atomic mass is 10.2. The minimum Gasteiger partial charge on any atom is -0.426 e. The van der Waals surface area contributed by atoms with Gasteiger partial charge in [-0.15, -0.1) is 0 Å². The van der Waals surface area contributed by atoms with Crippen molar-refractivity contribution < 1.29 is 4.74 Å². The first-order valence-corrected chi connectivity index (χ1v) is 9.72. The number of nitrogens with one attached hydrogen (secondary N) is 1. The molecule has 0 radical (unpaired) electrons. The Morgan fingerprint density at radius 3 is 2.43 bits per heavy atom. The van der Waals surface area contributed by atoms with Crippen LogP contribution in [0.3, 0.4) is 0 Å². The van der Waals surface area contributed by atoms with E-state index in [1.807, 2.05) is 90.0 Å². The van der Waals surface area contributed by atoms with Gasteiger partial charge < -0.3 is 20.4 Å². The van der Waals surface area contributed by atoms with E-state index in [2.05, 4.69) is 15.3 Å². The predicted molar refractivity (Wildman–Crippen MR) is 120 cm³/mol. The fourth-order valence-corrected chi connectivity index (χ4v) is 3.54. The van der Waals surface area contributed by atoms with Crippen molar-refractivity contribution in [3.05, 3.63) is 72.3 Å². The Bertz CT molecular complexity index is 1350. The number of hydrogen-bond acceptors (Lipinski definition) is 5. The normalized spacial score (nSPS) is 11.3. The summed E-state index contributed by atoms with van der Waals surface area (Å²) in [6.07, 6.45) is 0. The Balaban J connectivity index is 1.29. The van der Waals surface area contributed by atoms with Gasteiger partial charge in [-0.1, -0.05) is 24.3 Å². The van der Waals surface area contributed by atoms with Crippen molar-refractivity contribution >= 4 is 33.7 Å². The van der Waals surface area contributed by atoms with Gasteiger partial charge in [-0.3, -0.25) is 4.57 Å². The molecular weight excluding hydrogens is 376 g/mol. The zero-order valence-corrected chi connectivity index (χ0v) is 16.8. The van der Waals surface area contributed by atoms with Crippen LogP contribution in [0.15, 0.2) is 66.7 Å². The summed E-state index contributed by atoms with van der Waals surface area (Å²) in [5.41, 5.74) is 11.6. The number of anilines is 2. The summed E-state index contributed by atoms with van der Waals surface area (Å²) >= 11 is 0. The van der Waals surface area contributed by atoms with Crippen LogP contribution in [0.1, 0.15) is 5.56 Å².